The summed E-state index contributed by atoms with van der Waals surface area (Å²) in [6, 6.07) is 15.6. The Kier molecular flexibility index (Phi) is 6.63. The average molecular weight is 476 g/mol. The number of methoxy groups -OCH3 is 2. The Balaban J connectivity index is 1.41. The number of hydrogen-bond donors (Lipinski definition) is 1. The van der Waals surface area contributed by atoms with Crippen LogP contribution in [-0.2, 0) is 16.1 Å². The summed E-state index contributed by atoms with van der Waals surface area (Å²) >= 11 is 0. The van der Waals surface area contributed by atoms with E-state index in [0.29, 0.717) is 39.4 Å². The zero-order chi connectivity index (χ0) is 24.9. The summed E-state index contributed by atoms with van der Waals surface area (Å²) in [7, 11) is 3.04. The van der Waals surface area contributed by atoms with E-state index in [4.69, 9.17) is 18.9 Å². The summed E-state index contributed by atoms with van der Waals surface area (Å²) in [4.78, 5) is 34.7. The molecule has 35 heavy (non-hydrogen) atoms. The summed E-state index contributed by atoms with van der Waals surface area (Å²) in [6.45, 7) is -0.0935. The quantitative estimate of drug-likeness (QED) is 0.169. The van der Waals surface area contributed by atoms with Gasteiger partial charge in [-0.15, -0.1) is 0 Å². The number of hydrogen-bond acceptors (Lipinski definition) is 8. The molecule has 0 unspecified atom stereocenters. The molecule has 178 valence electrons. The van der Waals surface area contributed by atoms with Crippen molar-refractivity contribution in [2.24, 2.45) is 0 Å². The summed E-state index contributed by atoms with van der Waals surface area (Å²) in [5.41, 5.74) is 3.00. The van der Waals surface area contributed by atoms with Crippen molar-refractivity contribution < 1.29 is 33.5 Å². The Labute approximate surface area is 199 Å². The van der Waals surface area contributed by atoms with E-state index in [-0.39, 0.29) is 24.0 Å². The highest BCUT2D eigenvalue weighted by Gasteiger charge is 2.26. The second kappa shape index (κ2) is 9.96. The van der Waals surface area contributed by atoms with Crippen molar-refractivity contribution in [1.82, 2.24) is 0 Å². The summed E-state index contributed by atoms with van der Waals surface area (Å²) in [6.07, 6.45) is 0.795. The van der Waals surface area contributed by atoms with Crippen molar-refractivity contribution in [3.8, 4) is 17.2 Å². The molecule has 0 radical (unpaired) electrons. The first-order valence-electron chi connectivity index (χ1n) is 10.4. The van der Waals surface area contributed by atoms with Crippen LogP contribution in [0.5, 0.6) is 17.2 Å². The molecule has 10 nitrogen and oxygen atoms in total. The van der Waals surface area contributed by atoms with Crippen LogP contribution in [0.1, 0.15) is 16.7 Å². The molecule has 1 heterocycles. The number of fused-ring (bicyclic) bond motifs is 1. The van der Waals surface area contributed by atoms with Crippen LogP contribution in [-0.4, -0.2) is 31.2 Å². The van der Waals surface area contributed by atoms with Crippen LogP contribution in [0.3, 0.4) is 0 Å². The second-order valence-corrected chi connectivity index (χ2v) is 7.40. The molecule has 0 atom stereocenters. The van der Waals surface area contributed by atoms with Gasteiger partial charge < -0.3 is 24.3 Å². The monoisotopic (exact) mass is 476 g/mol. The maximum Gasteiger partial charge on any atom is 0.514 e. The van der Waals surface area contributed by atoms with Crippen LogP contribution in [0.4, 0.5) is 16.2 Å². The summed E-state index contributed by atoms with van der Waals surface area (Å²) < 4.78 is 20.8. The van der Waals surface area contributed by atoms with E-state index in [1.165, 1.54) is 38.5 Å². The normalized spacial score (nSPS) is 13.1. The fraction of sp³-hybridized carbons (Fsp3) is 0.120. The molecule has 0 aliphatic carbocycles. The molecule has 1 amide bonds. The standard InChI is InChI=1S/C25H20N2O8/c1-32-22-12-19-20(24(28)26-21(19)13-23(22)33-2)11-15-5-9-18(10-6-15)35-25(29)34-14-16-3-7-17(8-4-16)27(30)31/h3-13H,14H2,1-2H3,(H,26,28). The third kappa shape index (κ3) is 5.22. The number of benzene rings is 3. The lowest BCUT2D eigenvalue weighted by atomic mass is 10.0. The van der Waals surface area contributed by atoms with Gasteiger partial charge in [0.1, 0.15) is 12.4 Å². The van der Waals surface area contributed by atoms with Crippen LogP contribution in [0.25, 0.3) is 11.6 Å². The Morgan fingerprint density at radius 2 is 1.66 bits per heavy atom. The third-order valence-electron chi connectivity index (χ3n) is 5.20. The van der Waals surface area contributed by atoms with Crippen molar-refractivity contribution in [3.05, 3.63) is 87.5 Å². The minimum absolute atomic E-state index is 0.0520. The molecule has 0 spiro atoms. The number of carbonyl (C=O) groups excluding carboxylic acids is 2. The van der Waals surface area contributed by atoms with Crippen molar-refractivity contribution >= 4 is 35.1 Å². The predicted molar refractivity (Wildman–Crippen MR) is 126 cm³/mol. The molecule has 0 bridgehead atoms. The van der Waals surface area contributed by atoms with Gasteiger partial charge in [-0.25, -0.2) is 4.79 Å². The van der Waals surface area contributed by atoms with E-state index in [1.54, 1.807) is 42.5 Å². The van der Waals surface area contributed by atoms with Crippen LogP contribution < -0.4 is 19.5 Å². The Morgan fingerprint density at radius 1 is 1.00 bits per heavy atom. The van der Waals surface area contributed by atoms with Crippen LogP contribution in [0, 0.1) is 10.1 Å². The van der Waals surface area contributed by atoms with E-state index in [0.717, 1.165) is 0 Å². The molecule has 3 aromatic carbocycles. The fourth-order valence-electron chi connectivity index (χ4n) is 3.44. The van der Waals surface area contributed by atoms with Crippen molar-refractivity contribution in [2.45, 2.75) is 6.61 Å². The highest BCUT2D eigenvalue weighted by atomic mass is 16.7. The van der Waals surface area contributed by atoms with Gasteiger partial charge in [-0.3, -0.25) is 14.9 Å². The molecule has 0 fully saturated rings. The number of ether oxygens (including phenoxy) is 4. The molecular formula is C25H20N2O8. The smallest absolute Gasteiger partial charge is 0.493 e. The first-order chi connectivity index (χ1) is 16.9. The van der Waals surface area contributed by atoms with Crippen LogP contribution >= 0.6 is 0 Å². The first kappa shape index (κ1) is 23.3. The lowest BCUT2D eigenvalue weighted by Gasteiger charge is -2.09. The van der Waals surface area contributed by atoms with Gasteiger partial charge in [0.2, 0.25) is 0 Å². The number of nitro groups is 1. The van der Waals surface area contributed by atoms with E-state index in [9.17, 15) is 19.7 Å². The number of amides is 1. The lowest BCUT2D eigenvalue weighted by molar-refractivity contribution is -0.384. The van der Waals surface area contributed by atoms with E-state index in [1.807, 2.05) is 0 Å². The number of non-ortho nitro benzene ring substituents is 1. The number of carbonyl (C=O) groups is 2. The number of rotatable bonds is 7. The molecule has 0 saturated carbocycles. The Bertz CT molecular complexity index is 1310. The highest BCUT2D eigenvalue weighted by Crippen LogP contribution is 2.41. The van der Waals surface area contributed by atoms with Gasteiger partial charge >= 0.3 is 6.16 Å². The summed E-state index contributed by atoms with van der Waals surface area (Å²) in [5.74, 6) is 1.01. The number of nitrogens with one attached hydrogen (secondary N) is 1. The third-order valence-corrected chi connectivity index (χ3v) is 5.20. The Morgan fingerprint density at radius 3 is 2.29 bits per heavy atom. The van der Waals surface area contributed by atoms with Gasteiger partial charge in [-0.1, -0.05) is 12.1 Å². The number of nitrogens with zero attached hydrogens (tertiary/aromatic N) is 1. The highest BCUT2D eigenvalue weighted by molar-refractivity contribution is 6.35. The maximum absolute atomic E-state index is 12.5. The van der Waals surface area contributed by atoms with Crippen LogP contribution in [0.15, 0.2) is 60.7 Å². The molecule has 10 heteroatoms. The molecule has 3 aromatic rings. The minimum Gasteiger partial charge on any atom is -0.493 e. The van der Waals surface area contributed by atoms with Gasteiger partial charge in [0.15, 0.2) is 11.5 Å². The van der Waals surface area contributed by atoms with Gasteiger partial charge in [-0.05, 0) is 47.5 Å². The minimum atomic E-state index is -0.917. The molecule has 0 saturated heterocycles. The van der Waals surface area contributed by atoms with Gasteiger partial charge in [-0.2, -0.15) is 0 Å². The number of anilines is 1. The van der Waals surface area contributed by atoms with E-state index < -0.39 is 11.1 Å². The molecule has 1 aliphatic rings. The molecular weight excluding hydrogens is 456 g/mol. The van der Waals surface area contributed by atoms with E-state index >= 15 is 0 Å². The van der Waals surface area contributed by atoms with Crippen molar-refractivity contribution in [1.29, 1.82) is 0 Å². The van der Waals surface area contributed by atoms with E-state index in [2.05, 4.69) is 5.32 Å². The average Bonchev–Trinajstić information content (AvgIpc) is 3.16. The molecule has 0 aromatic heterocycles. The molecule has 1 aliphatic heterocycles. The fourth-order valence-corrected chi connectivity index (χ4v) is 3.44. The van der Waals surface area contributed by atoms with Crippen molar-refractivity contribution in [3.63, 3.8) is 0 Å². The zero-order valence-electron chi connectivity index (χ0n) is 18.8. The molecule has 1 N–H and O–H groups in total. The first-order valence-corrected chi connectivity index (χ1v) is 10.4. The van der Waals surface area contributed by atoms with Crippen LogP contribution in [0.2, 0.25) is 0 Å². The van der Waals surface area contributed by atoms with Gasteiger partial charge in [0.25, 0.3) is 11.6 Å². The van der Waals surface area contributed by atoms with Gasteiger partial charge in [0, 0.05) is 29.3 Å². The largest absolute Gasteiger partial charge is 0.514 e. The van der Waals surface area contributed by atoms with Crippen molar-refractivity contribution in [2.75, 3.05) is 19.5 Å². The SMILES string of the molecule is COc1cc2c(cc1OC)C(=Cc1ccc(OC(=O)OCc3ccc([N+](=O)[O-])cc3)cc1)C(=O)N2. The topological polar surface area (TPSA) is 126 Å². The summed E-state index contributed by atoms with van der Waals surface area (Å²) in [5, 5.41) is 13.5. The second-order valence-electron chi connectivity index (χ2n) is 7.40. The Hall–Kier alpha value is -4.86. The number of nitro benzene ring substituents is 1. The lowest BCUT2D eigenvalue weighted by Crippen LogP contribution is -2.10. The van der Waals surface area contributed by atoms with Gasteiger partial charge in [0.05, 0.1) is 24.8 Å². The zero-order valence-corrected chi connectivity index (χ0v) is 18.8. The predicted octanol–water partition coefficient (Wildman–Crippen LogP) is 4.82. The maximum atomic E-state index is 12.5. The molecule has 4 rings (SSSR count).